The number of benzene rings is 2. The van der Waals surface area contributed by atoms with Crippen molar-refractivity contribution < 1.29 is 4.79 Å². The van der Waals surface area contributed by atoms with Crippen LogP contribution in [0.25, 0.3) is 10.9 Å². The van der Waals surface area contributed by atoms with Crippen molar-refractivity contribution in [3.05, 3.63) is 66.5 Å². The molecule has 4 rings (SSSR count). The molecule has 0 atom stereocenters. The third-order valence-corrected chi connectivity index (χ3v) is 3.71. The standard InChI is InChI=1S/C18H14N6O.2C2H6/c25-11-12-4-6-13(7-5-12)21-18-19-9-8-17(23-18)22-15-2-1-3-16-14(15)10-20-24-16;2*1-2/h1-11H,(H,20,24)(H2,19,21,22,23);2*1-2H3. The Kier molecular flexibility index (Phi) is 8.31. The second-order valence-electron chi connectivity index (χ2n) is 5.39. The molecule has 0 fully saturated rings. The monoisotopic (exact) mass is 390 g/mol. The van der Waals surface area contributed by atoms with Crippen LogP contribution in [0.15, 0.2) is 60.9 Å². The summed E-state index contributed by atoms with van der Waals surface area (Å²) in [6.45, 7) is 8.00. The van der Waals surface area contributed by atoms with Gasteiger partial charge in [0.1, 0.15) is 12.1 Å². The molecule has 150 valence electrons. The Morgan fingerprint density at radius 3 is 2.41 bits per heavy atom. The summed E-state index contributed by atoms with van der Waals surface area (Å²) >= 11 is 0. The van der Waals surface area contributed by atoms with Crippen LogP contribution in [-0.2, 0) is 0 Å². The third-order valence-electron chi connectivity index (χ3n) is 3.71. The van der Waals surface area contributed by atoms with Crippen molar-refractivity contribution in [2.45, 2.75) is 27.7 Å². The third kappa shape index (κ3) is 5.62. The van der Waals surface area contributed by atoms with Crippen LogP contribution in [0, 0.1) is 0 Å². The molecule has 0 aliphatic carbocycles. The van der Waals surface area contributed by atoms with Gasteiger partial charge in [0.25, 0.3) is 0 Å². The number of aromatic nitrogens is 4. The zero-order chi connectivity index (χ0) is 21.1. The Balaban J connectivity index is 0.000000707. The number of fused-ring (bicyclic) bond motifs is 1. The summed E-state index contributed by atoms with van der Waals surface area (Å²) in [6, 6.07) is 14.7. The van der Waals surface area contributed by atoms with Gasteiger partial charge in [0, 0.05) is 22.8 Å². The van der Waals surface area contributed by atoms with E-state index < -0.39 is 0 Å². The van der Waals surface area contributed by atoms with Gasteiger partial charge in [-0.2, -0.15) is 10.1 Å². The zero-order valence-corrected chi connectivity index (χ0v) is 17.1. The average Bonchev–Trinajstić information content (AvgIpc) is 3.27. The van der Waals surface area contributed by atoms with E-state index in [-0.39, 0.29) is 0 Å². The van der Waals surface area contributed by atoms with Crippen LogP contribution in [0.2, 0.25) is 0 Å². The highest BCUT2D eigenvalue weighted by atomic mass is 16.1. The Bertz CT molecular complexity index is 1030. The van der Waals surface area contributed by atoms with Crippen LogP contribution < -0.4 is 10.6 Å². The summed E-state index contributed by atoms with van der Waals surface area (Å²) in [5, 5.41) is 14.4. The molecule has 0 amide bonds. The van der Waals surface area contributed by atoms with Crippen LogP contribution in [0.3, 0.4) is 0 Å². The summed E-state index contributed by atoms with van der Waals surface area (Å²) in [7, 11) is 0. The molecule has 7 nitrogen and oxygen atoms in total. The van der Waals surface area contributed by atoms with Gasteiger partial charge in [0.15, 0.2) is 0 Å². The van der Waals surface area contributed by atoms with Gasteiger partial charge in [-0.1, -0.05) is 33.8 Å². The van der Waals surface area contributed by atoms with Gasteiger partial charge in [-0.25, -0.2) is 4.98 Å². The minimum absolute atomic E-state index is 0.461. The van der Waals surface area contributed by atoms with Crippen molar-refractivity contribution in [3.63, 3.8) is 0 Å². The minimum atomic E-state index is 0.461. The van der Waals surface area contributed by atoms with Gasteiger partial charge in [-0.15, -0.1) is 0 Å². The highest BCUT2D eigenvalue weighted by Crippen LogP contribution is 2.24. The molecule has 2 heterocycles. The number of aromatic amines is 1. The van der Waals surface area contributed by atoms with Crippen molar-refractivity contribution in [1.82, 2.24) is 20.2 Å². The van der Waals surface area contributed by atoms with Crippen LogP contribution >= 0.6 is 0 Å². The second-order valence-corrected chi connectivity index (χ2v) is 5.39. The maximum absolute atomic E-state index is 10.7. The molecule has 3 N–H and O–H groups in total. The normalized spacial score (nSPS) is 9.52. The van der Waals surface area contributed by atoms with Gasteiger partial charge in [-0.3, -0.25) is 9.89 Å². The maximum atomic E-state index is 10.7. The summed E-state index contributed by atoms with van der Waals surface area (Å²) in [5.74, 6) is 1.12. The topological polar surface area (TPSA) is 95.6 Å². The fourth-order valence-electron chi connectivity index (χ4n) is 2.48. The number of anilines is 4. The lowest BCUT2D eigenvalue weighted by atomic mass is 10.2. The summed E-state index contributed by atoms with van der Waals surface area (Å²) in [6.07, 6.45) is 4.25. The second kappa shape index (κ2) is 11.2. The lowest BCUT2D eigenvalue weighted by molar-refractivity contribution is 0.112. The molecule has 7 heteroatoms. The first-order valence-corrected chi connectivity index (χ1v) is 9.66. The number of hydrogen-bond donors (Lipinski definition) is 3. The first-order valence-electron chi connectivity index (χ1n) is 9.66. The molecule has 4 aromatic rings. The van der Waals surface area contributed by atoms with Gasteiger partial charge < -0.3 is 10.6 Å². The van der Waals surface area contributed by atoms with Crippen LogP contribution in [0.4, 0.5) is 23.1 Å². The Labute approximate surface area is 170 Å². The van der Waals surface area contributed by atoms with Crippen molar-refractivity contribution in [1.29, 1.82) is 0 Å². The van der Waals surface area contributed by atoms with Crippen molar-refractivity contribution >= 4 is 40.3 Å². The van der Waals surface area contributed by atoms with E-state index in [0.29, 0.717) is 17.3 Å². The number of carbonyl (C=O) groups is 1. The molecule has 0 aliphatic heterocycles. The van der Waals surface area contributed by atoms with E-state index in [2.05, 4.69) is 30.8 Å². The number of nitrogens with zero attached hydrogens (tertiary/aromatic N) is 3. The molecule has 0 bridgehead atoms. The lowest BCUT2D eigenvalue weighted by Crippen LogP contribution is -2.00. The molecule has 0 aliphatic rings. The van der Waals surface area contributed by atoms with Crippen LogP contribution in [0.1, 0.15) is 38.1 Å². The Morgan fingerprint density at radius 1 is 0.931 bits per heavy atom. The molecule has 0 spiro atoms. The molecular weight excluding hydrogens is 364 g/mol. The van der Waals surface area contributed by atoms with Crippen molar-refractivity contribution in [3.8, 4) is 0 Å². The minimum Gasteiger partial charge on any atom is -0.339 e. The maximum Gasteiger partial charge on any atom is 0.229 e. The van der Waals surface area contributed by atoms with Gasteiger partial charge in [0.05, 0.1) is 17.4 Å². The highest BCUT2D eigenvalue weighted by Gasteiger charge is 2.05. The summed E-state index contributed by atoms with van der Waals surface area (Å²) in [4.78, 5) is 19.4. The van der Waals surface area contributed by atoms with E-state index in [4.69, 9.17) is 0 Å². The first kappa shape index (κ1) is 21.6. The number of nitrogens with one attached hydrogen (secondary N) is 3. The quantitative estimate of drug-likeness (QED) is 0.378. The molecule has 2 aromatic heterocycles. The Hall–Kier alpha value is -3.74. The number of carbonyl (C=O) groups excluding carboxylic acids is 1. The number of hydrogen-bond acceptors (Lipinski definition) is 6. The van der Waals surface area contributed by atoms with E-state index in [1.165, 1.54) is 0 Å². The fourth-order valence-corrected chi connectivity index (χ4v) is 2.48. The van der Waals surface area contributed by atoms with Crippen molar-refractivity contribution in [2.75, 3.05) is 10.6 Å². The zero-order valence-electron chi connectivity index (χ0n) is 17.1. The first-order chi connectivity index (χ1) is 14.3. The number of rotatable bonds is 5. The van der Waals surface area contributed by atoms with Gasteiger partial charge in [0.2, 0.25) is 5.95 Å². The fraction of sp³-hybridized carbons (Fsp3) is 0.182. The molecule has 29 heavy (non-hydrogen) atoms. The summed E-state index contributed by atoms with van der Waals surface area (Å²) in [5.41, 5.74) is 3.29. The highest BCUT2D eigenvalue weighted by molar-refractivity contribution is 5.92. The Morgan fingerprint density at radius 2 is 1.69 bits per heavy atom. The molecule has 0 saturated carbocycles. The van der Waals surface area contributed by atoms with Gasteiger partial charge in [-0.05, 0) is 42.5 Å². The number of H-pyrrole nitrogens is 1. The van der Waals surface area contributed by atoms with E-state index in [1.54, 1.807) is 42.7 Å². The predicted molar refractivity (Wildman–Crippen MR) is 119 cm³/mol. The van der Waals surface area contributed by atoms with E-state index >= 15 is 0 Å². The SMILES string of the molecule is CC.CC.O=Cc1ccc(Nc2nccc(Nc3cccc4[nH]ncc34)n2)cc1. The predicted octanol–water partition coefficient (Wildman–Crippen LogP) is 5.71. The van der Waals surface area contributed by atoms with E-state index in [1.807, 2.05) is 45.9 Å². The molecular formula is C22H26N6O. The van der Waals surface area contributed by atoms with Gasteiger partial charge >= 0.3 is 0 Å². The molecule has 0 radical (unpaired) electrons. The largest absolute Gasteiger partial charge is 0.339 e. The molecule has 0 saturated heterocycles. The van der Waals surface area contributed by atoms with E-state index in [0.717, 1.165) is 28.6 Å². The summed E-state index contributed by atoms with van der Waals surface area (Å²) < 4.78 is 0. The smallest absolute Gasteiger partial charge is 0.229 e. The molecule has 0 unspecified atom stereocenters. The van der Waals surface area contributed by atoms with Crippen molar-refractivity contribution in [2.24, 2.45) is 0 Å². The van der Waals surface area contributed by atoms with Crippen LogP contribution in [-0.4, -0.2) is 26.5 Å². The van der Waals surface area contributed by atoms with Crippen LogP contribution in [0.5, 0.6) is 0 Å². The molecule has 2 aromatic carbocycles. The lowest BCUT2D eigenvalue weighted by Gasteiger charge is -2.09. The average molecular weight is 390 g/mol. The van der Waals surface area contributed by atoms with E-state index in [9.17, 15) is 4.79 Å². The number of aldehydes is 1.